The fourth-order valence-corrected chi connectivity index (χ4v) is 2.75. The SMILES string of the molecule is COc1cc(C(NCc2cccnc2)C(=O)NCc2ccncc2)ccc1O. The summed E-state index contributed by atoms with van der Waals surface area (Å²) in [5.74, 6) is 0.149. The summed E-state index contributed by atoms with van der Waals surface area (Å²) in [6.07, 6.45) is 6.82. The van der Waals surface area contributed by atoms with E-state index in [-0.39, 0.29) is 11.7 Å². The number of nitrogens with one attached hydrogen (secondary N) is 2. The Morgan fingerprint density at radius 2 is 1.89 bits per heavy atom. The van der Waals surface area contributed by atoms with E-state index in [4.69, 9.17) is 4.74 Å². The van der Waals surface area contributed by atoms with E-state index >= 15 is 0 Å². The number of amides is 1. The maximum Gasteiger partial charge on any atom is 0.242 e. The topological polar surface area (TPSA) is 96.4 Å². The van der Waals surface area contributed by atoms with Gasteiger partial charge in [0, 0.05) is 37.9 Å². The van der Waals surface area contributed by atoms with Crippen molar-refractivity contribution in [3.63, 3.8) is 0 Å². The summed E-state index contributed by atoms with van der Waals surface area (Å²) in [6, 6.07) is 11.7. The average molecular weight is 378 g/mol. The van der Waals surface area contributed by atoms with Gasteiger partial charge >= 0.3 is 0 Å². The molecule has 0 saturated carbocycles. The van der Waals surface area contributed by atoms with Gasteiger partial charge in [0.1, 0.15) is 6.04 Å². The second-order valence-corrected chi connectivity index (χ2v) is 6.18. The maximum atomic E-state index is 12.9. The summed E-state index contributed by atoms with van der Waals surface area (Å²) in [7, 11) is 1.47. The number of ether oxygens (including phenoxy) is 1. The van der Waals surface area contributed by atoms with E-state index in [0.29, 0.717) is 24.4 Å². The maximum absolute atomic E-state index is 12.9. The number of benzene rings is 1. The molecule has 0 radical (unpaired) electrons. The highest BCUT2D eigenvalue weighted by atomic mass is 16.5. The van der Waals surface area contributed by atoms with E-state index in [1.807, 2.05) is 24.3 Å². The molecule has 0 spiro atoms. The van der Waals surface area contributed by atoms with E-state index < -0.39 is 6.04 Å². The zero-order valence-electron chi connectivity index (χ0n) is 15.5. The number of rotatable bonds is 8. The van der Waals surface area contributed by atoms with Crippen LogP contribution in [0.5, 0.6) is 11.5 Å². The van der Waals surface area contributed by atoms with Crippen molar-refractivity contribution < 1.29 is 14.6 Å². The van der Waals surface area contributed by atoms with Crippen LogP contribution in [-0.2, 0) is 17.9 Å². The molecule has 3 aromatic rings. The minimum absolute atomic E-state index is 0.0226. The van der Waals surface area contributed by atoms with Gasteiger partial charge in [-0.05, 0) is 47.0 Å². The second-order valence-electron chi connectivity index (χ2n) is 6.18. The van der Waals surface area contributed by atoms with E-state index in [9.17, 15) is 9.90 Å². The Labute approximate surface area is 163 Å². The summed E-state index contributed by atoms with van der Waals surface area (Å²) in [4.78, 5) is 21.0. The molecule has 0 saturated heterocycles. The van der Waals surface area contributed by atoms with Crippen molar-refractivity contribution in [2.75, 3.05) is 7.11 Å². The van der Waals surface area contributed by atoms with Crippen LogP contribution in [0.3, 0.4) is 0 Å². The summed E-state index contributed by atoms with van der Waals surface area (Å²) < 4.78 is 5.18. The van der Waals surface area contributed by atoms with Crippen molar-refractivity contribution in [3.05, 3.63) is 83.9 Å². The van der Waals surface area contributed by atoms with Crippen molar-refractivity contribution in [3.8, 4) is 11.5 Å². The minimum atomic E-state index is -0.628. The third-order valence-electron chi connectivity index (χ3n) is 4.25. The molecule has 0 bridgehead atoms. The number of aromatic nitrogens is 2. The lowest BCUT2D eigenvalue weighted by molar-refractivity contribution is -0.123. The number of phenolic OH excluding ortho intramolecular Hbond substituents is 1. The molecule has 0 aliphatic carbocycles. The van der Waals surface area contributed by atoms with E-state index in [2.05, 4.69) is 20.6 Å². The van der Waals surface area contributed by atoms with Gasteiger partial charge in [-0.2, -0.15) is 0 Å². The molecule has 7 heteroatoms. The first kappa shape index (κ1) is 19.3. The zero-order chi connectivity index (χ0) is 19.8. The van der Waals surface area contributed by atoms with Crippen LogP contribution in [0.2, 0.25) is 0 Å². The Bertz CT molecular complexity index is 904. The molecule has 3 N–H and O–H groups in total. The molecule has 2 aromatic heterocycles. The minimum Gasteiger partial charge on any atom is -0.504 e. The third-order valence-corrected chi connectivity index (χ3v) is 4.25. The Morgan fingerprint density at radius 1 is 1.07 bits per heavy atom. The van der Waals surface area contributed by atoms with Crippen LogP contribution in [0.25, 0.3) is 0 Å². The van der Waals surface area contributed by atoms with E-state index in [0.717, 1.165) is 11.1 Å². The standard InChI is InChI=1S/C21H22N4O3/c1-28-19-11-17(4-5-18(19)26)20(24-14-16-3-2-8-23-12-16)21(27)25-13-15-6-9-22-10-7-15/h2-12,20,24,26H,13-14H2,1H3,(H,25,27). The molecule has 0 fully saturated rings. The number of pyridine rings is 2. The van der Waals surface area contributed by atoms with Crippen LogP contribution in [0.1, 0.15) is 22.7 Å². The molecule has 1 amide bonds. The van der Waals surface area contributed by atoms with Crippen molar-refractivity contribution in [2.24, 2.45) is 0 Å². The normalized spacial score (nSPS) is 11.6. The van der Waals surface area contributed by atoms with Gasteiger partial charge in [-0.3, -0.25) is 20.1 Å². The Kier molecular flexibility index (Phi) is 6.54. The number of nitrogens with zero attached hydrogens (tertiary/aromatic N) is 2. The quantitative estimate of drug-likeness (QED) is 0.557. The smallest absolute Gasteiger partial charge is 0.242 e. The number of carbonyl (C=O) groups is 1. The van der Waals surface area contributed by atoms with Gasteiger partial charge in [-0.1, -0.05) is 12.1 Å². The van der Waals surface area contributed by atoms with Crippen LogP contribution in [0, 0.1) is 0 Å². The number of methoxy groups -OCH3 is 1. The van der Waals surface area contributed by atoms with Gasteiger partial charge in [-0.25, -0.2) is 0 Å². The molecule has 0 aliphatic rings. The number of hydrogen-bond acceptors (Lipinski definition) is 6. The van der Waals surface area contributed by atoms with Crippen LogP contribution in [-0.4, -0.2) is 28.1 Å². The zero-order valence-corrected chi connectivity index (χ0v) is 15.5. The number of hydrogen-bond donors (Lipinski definition) is 3. The molecule has 0 aliphatic heterocycles. The first-order valence-electron chi connectivity index (χ1n) is 8.83. The van der Waals surface area contributed by atoms with Crippen LogP contribution >= 0.6 is 0 Å². The predicted octanol–water partition coefficient (Wildman–Crippen LogP) is 2.34. The highest BCUT2D eigenvalue weighted by Gasteiger charge is 2.21. The van der Waals surface area contributed by atoms with Crippen molar-refractivity contribution in [2.45, 2.75) is 19.1 Å². The number of phenols is 1. The molecular weight excluding hydrogens is 356 g/mol. The molecule has 2 heterocycles. The predicted molar refractivity (Wildman–Crippen MR) is 105 cm³/mol. The lowest BCUT2D eigenvalue weighted by atomic mass is 10.0. The van der Waals surface area contributed by atoms with Gasteiger partial charge in [0.25, 0.3) is 0 Å². The van der Waals surface area contributed by atoms with Gasteiger partial charge in [0.15, 0.2) is 11.5 Å². The Morgan fingerprint density at radius 3 is 2.61 bits per heavy atom. The van der Waals surface area contributed by atoms with Crippen molar-refractivity contribution in [1.82, 2.24) is 20.6 Å². The van der Waals surface area contributed by atoms with Gasteiger partial charge in [0.2, 0.25) is 5.91 Å². The van der Waals surface area contributed by atoms with Crippen LogP contribution < -0.4 is 15.4 Å². The van der Waals surface area contributed by atoms with Crippen molar-refractivity contribution in [1.29, 1.82) is 0 Å². The highest BCUT2D eigenvalue weighted by Crippen LogP contribution is 2.29. The molecular formula is C21H22N4O3. The summed E-state index contributed by atoms with van der Waals surface area (Å²) in [6.45, 7) is 0.853. The fraction of sp³-hybridized carbons (Fsp3) is 0.190. The molecule has 3 rings (SSSR count). The van der Waals surface area contributed by atoms with Gasteiger partial charge < -0.3 is 15.2 Å². The Balaban J connectivity index is 1.77. The Hall–Kier alpha value is -3.45. The first-order valence-corrected chi connectivity index (χ1v) is 8.83. The van der Waals surface area contributed by atoms with Crippen LogP contribution in [0.4, 0.5) is 0 Å². The lowest BCUT2D eigenvalue weighted by Gasteiger charge is -2.20. The monoisotopic (exact) mass is 378 g/mol. The molecule has 1 unspecified atom stereocenters. The molecule has 1 atom stereocenters. The van der Waals surface area contributed by atoms with E-state index in [1.54, 1.807) is 36.9 Å². The number of carbonyl (C=O) groups excluding carboxylic acids is 1. The molecule has 28 heavy (non-hydrogen) atoms. The molecule has 144 valence electrons. The molecule has 1 aromatic carbocycles. The summed E-state index contributed by atoms with van der Waals surface area (Å²) >= 11 is 0. The lowest BCUT2D eigenvalue weighted by Crippen LogP contribution is -2.37. The summed E-state index contributed by atoms with van der Waals surface area (Å²) in [5, 5.41) is 16.1. The van der Waals surface area contributed by atoms with Crippen molar-refractivity contribution >= 4 is 5.91 Å². The summed E-state index contributed by atoms with van der Waals surface area (Å²) in [5.41, 5.74) is 2.60. The molecule has 7 nitrogen and oxygen atoms in total. The largest absolute Gasteiger partial charge is 0.504 e. The fourth-order valence-electron chi connectivity index (χ4n) is 2.75. The van der Waals surface area contributed by atoms with Gasteiger partial charge in [0.05, 0.1) is 7.11 Å². The highest BCUT2D eigenvalue weighted by molar-refractivity contribution is 5.83. The number of aromatic hydroxyl groups is 1. The second kappa shape index (κ2) is 9.48. The van der Waals surface area contributed by atoms with Crippen LogP contribution in [0.15, 0.2) is 67.3 Å². The third kappa shape index (κ3) is 5.05. The van der Waals surface area contributed by atoms with Gasteiger partial charge in [-0.15, -0.1) is 0 Å². The average Bonchev–Trinajstić information content (AvgIpc) is 2.75. The van der Waals surface area contributed by atoms with E-state index in [1.165, 1.54) is 13.2 Å². The first-order chi connectivity index (χ1) is 13.7.